The summed E-state index contributed by atoms with van der Waals surface area (Å²) >= 11 is 12.1. The summed E-state index contributed by atoms with van der Waals surface area (Å²) in [6.45, 7) is 2.64. The predicted octanol–water partition coefficient (Wildman–Crippen LogP) is 3.55. The van der Waals surface area contributed by atoms with Crippen molar-refractivity contribution in [1.82, 2.24) is 24.9 Å². The van der Waals surface area contributed by atoms with Crippen molar-refractivity contribution in [2.75, 3.05) is 18.0 Å². The molecule has 1 aromatic carbocycles. The highest BCUT2D eigenvalue weighted by molar-refractivity contribution is 6.35. The topological polar surface area (TPSA) is 72.9 Å². The third kappa shape index (κ3) is 3.77. The van der Waals surface area contributed by atoms with Crippen LogP contribution in [0.5, 0.6) is 0 Å². The standard InChI is InChI=1S/C16H16Cl2N6O/c17-13-5-12(6-14(18)7-13)15-21-16(25-22-15)23-3-1-11(2-4-23)8-24-10-19-9-20-24/h5-7,9-11H,1-4,8H2. The molecular formula is C16H16Cl2N6O. The molecule has 0 aliphatic carbocycles. The average molecular weight is 379 g/mol. The second-order valence-electron chi connectivity index (χ2n) is 6.11. The molecule has 0 bridgehead atoms. The number of nitrogens with zero attached hydrogens (tertiary/aromatic N) is 6. The van der Waals surface area contributed by atoms with Crippen molar-refractivity contribution < 1.29 is 4.52 Å². The number of benzene rings is 1. The number of hydrogen-bond acceptors (Lipinski definition) is 6. The van der Waals surface area contributed by atoms with Crippen molar-refractivity contribution in [1.29, 1.82) is 0 Å². The Kier molecular flexibility index (Phi) is 4.59. The third-order valence-corrected chi connectivity index (χ3v) is 4.77. The first kappa shape index (κ1) is 16.4. The largest absolute Gasteiger partial charge is 0.324 e. The van der Waals surface area contributed by atoms with Crippen LogP contribution in [-0.2, 0) is 6.54 Å². The molecule has 130 valence electrons. The maximum absolute atomic E-state index is 6.04. The van der Waals surface area contributed by atoms with Crippen LogP contribution in [0.3, 0.4) is 0 Å². The normalized spacial score (nSPS) is 15.7. The van der Waals surface area contributed by atoms with E-state index in [1.807, 2.05) is 4.68 Å². The lowest BCUT2D eigenvalue weighted by atomic mass is 9.97. The first-order chi connectivity index (χ1) is 12.2. The molecule has 0 spiro atoms. The van der Waals surface area contributed by atoms with Crippen LogP contribution >= 0.6 is 23.2 Å². The van der Waals surface area contributed by atoms with Crippen LogP contribution in [0.25, 0.3) is 11.4 Å². The molecule has 4 rings (SSSR count). The van der Waals surface area contributed by atoms with E-state index < -0.39 is 0 Å². The Hall–Kier alpha value is -2.12. The highest BCUT2D eigenvalue weighted by Gasteiger charge is 2.24. The molecule has 0 saturated carbocycles. The molecule has 9 heteroatoms. The minimum absolute atomic E-state index is 0.490. The lowest BCUT2D eigenvalue weighted by Crippen LogP contribution is -2.35. The zero-order valence-corrected chi connectivity index (χ0v) is 14.9. The van der Waals surface area contributed by atoms with Crippen molar-refractivity contribution >= 4 is 29.2 Å². The molecule has 1 aliphatic rings. The van der Waals surface area contributed by atoms with Crippen LogP contribution in [-0.4, -0.2) is 38.0 Å². The Labute approximate surface area is 154 Å². The van der Waals surface area contributed by atoms with E-state index in [2.05, 4.69) is 25.1 Å². The van der Waals surface area contributed by atoms with Gasteiger partial charge in [0.1, 0.15) is 12.7 Å². The van der Waals surface area contributed by atoms with Crippen LogP contribution in [0.2, 0.25) is 10.0 Å². The van der Waals surface area contributed by atoms with E-state index in [0.29, 0.717) is 27.8 Å². The number of hydrogen-bond donors (Lipinski definition) is 0. The lowest BCUT2D eigenvalue weighted by Gasteiger charge is -2.30. The molecule has 0 amide bonds. The lowest BCUT2D eigenvalue weighted by molar-refractivity contribution is 0.324. The third-order valence-electron chi connectivity index (χ3n) is 4.33. The van der Waals surface area contributed by atoms with E-state index in [1.165, 1.54) is 0 Å². The summed E-state index contributed by atoms with van der Waals surface area (Å²) in [4.78, 5) is 10.6. The van der Waals surface area contributed by atoms with Crippen LogP contribution in [0.4, 0.5) is 6.01 Å². The molecule has 7 nitrogen and oxygen atoms in total. The second kappa shape index (κ2) is 7.01. The Morgan fingerprint density at radius 1 is 1.12 bits per heavy atom. The van der Waals surface area contributed by atoms with Crippen molar-refractivity contribution in [3.63, 3.8) is 0 Å². The zero-order chi connectivity index (χ0) is 17.2. The highest BCUT2D eigenvalue weighted by atomic mass is 35.5. The molecule has 1 fully saturated rings. The fourth-order valence-electron chi connectivity index (χ4n) is 3.04. The number of piperidine rings is 1. The first-order valence-electron chi connectivity index (χ1n) is 8.05. The molecule has 25 heavy (non-hydrogen) atoms. The molecule has 1 aliphatic heterocycles. The number of aromatic nitrogens is 5. The highest BCUT2D eigenvalue weighted by Crippen LogP contribution is 2.28. The predicted molar refractivity (Wildman–Crippen MR) is 94.7 cm³/mol. The Balaban J connectivity index is 1.41. The number of halogens is 2. The molecular weight excluding hydrogens is 363 g/mol. The smallest absolute Gasteiger partial charge is 0.324 e. The number of rotatable bonds is 4. The summed E-state index contributed by atoms with van der Waals surface area (Å²) in [5, 5.41) is 9.31. The fraction of sp³-hybridized carbons (Fsp3) is 0.375. The molecule has 3 aromatic rings. The van der Waals surface area contributed by atoms with Gasteiger partial charge in [-0.3, -0.25) is 4.68 Å². The SMILES string of the molecule is Clc1cc(Cl)cc(-c2noc(N3CCC(Cn4cncn4)CC3)n2)c1. The Bertz CT molecular complexity index is 822. The molecule has 0 N–H and O–H groups in total. The van der Waals surface area contributed by atoms with E-state index >= 15 is 0 Å². The van der Waals surface area contributed by atoms with Gasteiger partial charge in [-0.2, -0.15) is 10.1 Å². The van der Waals surface area contributed by atoms with Crippen molar-refractivity contribution in [3.05, 3.63) is 40.9 Å². The van der Waals surface area contributed by atoms with E-state index in [4.69, 9.17) is 27.7 Å². The maximum atomic E-state index is 6.04. The minimum Gasteiger partial charge on any atom is -0.324 e. The van der Waals surface area contributed by atoms with Gasteiger partial charge in [0, 0.05) is 35.2 Å². The summed E-state index contributed by atoms with van der Waals surface area (Å²) in [6, 6.07) is 5.75. The molecule has 3 heterocycles. The second-order valence-corrected chi connectivity index (χ2v) is 6.98. The van der Waals surface area contributed by atoms with Crippen molar-refractivity contribution in [3.8, 4) is 11.4 Å². The monoisotopic (exact) mass is 378 g/mol. The summed E-state index contributed by atoms with van der Waals surface area (Å²) in [5.74, 6) is 1.07. The van der Waals surface area contributed by atoms with Gasteiger partial charge < -0.3 is 9.42 Å². The summed E-state index contributed by atoms with van der Waals surface area (Å²) in [5.41, 5.74) is 0.744. The van der Waals surface area contributed by atoms with Gasteiger partial charge in [0.15, 0.2) is 0 Å². The summed E-state index contributed by atoms with van der Waals surface area (Å²) in [6.07, 6.45) is 5.41. The Morgan fingerprint density at radius 2 is 1.88 bits per heavy atom. The quantitative estimate of drug-likeness (QED) is 0.690. The van der Waals surface area contributed by atoms with Crippen LogP contribution in [0, 0.1) is 5.92 Å². The van der Waals surface area contributed by atoms with Gasteiger partial charge in [0.25, 0.3) is 0 Å². The van der Waals surface area contributed by atoms with Gasteiger partial charge in [0.2, 0.25) is 5.82 Å². The maximum Gasteiger partial charge on any atom is 0.324 e. The summed E-state index contributed by atoms with van der Waals surface area (Å²) in [7, 11) is 0. The van der Waals surface area contributed by atoms with Gasteiger partial charge >= 0.3 is 6.01 Å². The Morgan fingerprint density at radius 3 is 2.56 bits per heavy atom. The average Bonchev–Trinajstić information content (AvgIpc) is 3.26. The van der Waals surface area contributed by atoms with Gasteiger partial charge in [-0.15, -0.1) is 0 Å². The van der Waals surface area contributed by atoms with Gasteiger partial charge in [0.05, 0.1) is 0 Å². The fourth-order valence-corrected chi connectivity index (χ4v) is 3.57. The van der Waals surface area contributed by atoms with E-state index in [1.54, 1.807) is 30.9 Å². The van der Waals surface area contributed by atoms with Crippen molar-refractivity contribution in [2.45, 2.75) is 19.4 Å². The summed E-state index contributed by atoms with van der Waals surface area (Å²) < 4.78 is 7.31. The van der Waals surface area contributed by atoms with Crippen LogP contribution in [0.1, 0.15) is 12.8 Å². The van der Waals surface area contributed by atoms with Gasteiger partial charge in [-0.1, -0.05) is 28.4 Å². The van der Waals surface area contributed by atoms with Crippen LogP contribution in [0.15, 0.2) is 35.4 Å². The minimum atomic E-state index is 0.490. The molecule has 0 atom stereocenters. The molecule has 1 saturated heterocycles. The van der Waals surface area contributed by atoms with Gasteiger partial charge in [-0.05, 0) is 37.0 Å². The van der Waals surface area contributed by atoms with Crippen molar-refractivity contribution in [2.24, 2.45) is 5.92 Å². The number of anilines is 1. The van der Waals surface area contributed by atoms with E-state index in [9.17, 15) is 0 Å². The first-order valence-corrected chi connectivity index (χ1v) is 8.80. The van der Waals surface area contributed by atoms with Gasteiger partial charge in [-0.25, -0.2) is 4.98 Å². The molecule has 0 unspecified atom stereocenters. The van der Waals surface area contributed by atoms with Crippen LogP contribution < -0.4 is 4.90 Å². The zero-order valence-electron chi connectivity index (χ0n) is 13.3. The van der Waals surface area contributed by atoms with E-state index in [0.717, 1.165) is 38.0 Å². The van der Waals surface area contributed by atoms with E-state index in [-0.39, 0.29) is 0 Å². The molecule has 0 radical (unpaired) electrons. The molecule has 2 aromatic heterocycles.